The van der Waals surface area contributed by atoms with Crippen LogP contribution in [0.5, 0.6) is 5.75 Å². The molecule has 0 bridgehead atoms. The standard InChI is InChI=1S/C19H24ClF2N4O2/c1-4-6-11(10-24-3)14-9-15(26(23)27)19(28-5-2)18(25-14)12-7-8-13(21)16(20)17(12)22/h7-9,11,24H,4-6,10H2,1-3H3,(H2,23,27)/q+1. The molecule has 0 radical (unpaired) electrons. The summed E-state index contributed by atoms with van der Waals surface area (Å²) in [5, 5.41) is 2.44. The third-order valence-electron chi connectivity index (χ3n) is 4.30. The Bertz CT molecular complexity index is 858. The second-order valence-corrected chi connectivity index (χ2v) is 6.65. The van der Waals surface area contributed by atoms with Gasteiger partial charge in [-0.2, -0.15) is 5.84 Å². The lowest BCUT2D eigenvalue weighted by Gasteiger charge is -2.18. The van der Waals surface area contributed by atoms with E-state index in [1.54, 1.807) is 20.0 Å². The fraction of sp³-hybridized carbons (Fsp3) is 0.421. The van der Waals surface area contributed by atoms with Crippen LogP contribution in [0.2, 0.25) is 5.02 Å². The fourth-order valence-electron chi connectivity index (χ4n) is 3.04. The molecule has 1 heterocycles. The number of benzene rings is 1. The van der Waals surface area contributed by atoms with Crippen molar-refractivity contribution in [2.24, 2.45) is 5.84 Å². The molecule has 0 saturated heterocycles. The first-order valence-corrected chi connectivity index (χ1v) is 9.41. The number of hydrogen-bond donors (Lipinski definition) is 2. The van der Waals surface area contributed by atoms with Gasteiger partial charge in [-0.05, 0) is 32.5 Å². The molecule has 1 aromatic heterocycles. The maximum absolute atomic E-state index is 14.7. The number of likely N-dealkylation sites (N-methyl/N-ethyl adjacent to an activating group) is 1. The van der Waals surface area contributed by atoms with Crippen molar-refractivity contribution in [1.29, 1.82) is 0 Å². The van der Waals surface area contributed by atoms with Crippen LogP contribution in [0.4, 0.5) is 14.5 Å². The summed E-state index contributed by atoms with van der Waals surface area (Å²) in [5.74, 6) is 3.59. The van der Waals surface area contributed by atoms with E-state index in [2.05, 4.69) is 10.3 Å². The van der Waals surface area contributed by atoms with Gasteiger partial charge in [0.15, 0.2) is 10.7 Å². The molecule has 0 spiro atoms. The molecular formula is C19H24ClF2N4O2+. The molecule has 1 unspecified atom stereocenters. The van der Waals surface area contributed by atoms with Crippen molar-refractivity contribution in [2.45, 2.75) is 32.6 Å². The number of nitrogens with two attached hydrogens (primary N) is 1. The Kier molecular flexibility index (Phi) is 7.65. The average molecular weight is 414 g/mol. The average Bonchev–Trinajstić information content (AvgIpc) is 2.66. The van der Waals surface area contributed by atoms with Gasteiger partial charge < -0.3 is 10.1 Å². The summed E-state index contributed by atoms with van der Waals surface area (Å²) < 4.78 is 33.9. The van der Waals surface area contributed by atoms with E-state index >= 15 is 0 Å². The van der Waals surface area contributed by atoms with Crippen molar-refractivity contribution in [2.75, 3.05) is 20.2 Å². The normalized spacial score (nSPS) is 12.1. The number of pyridine rings is 1. The molecule has 0 amide bonds. The molecule has 6 nitrogen and oxygen atoms in total. The predicted octanol–water partition coefficient (Wildman–Crippen LogP) is 4.47. The lowest BCUT2D eigenvalue weighted by Crippen LogP contribution is -2.20. The Morgan fingerprint density at radius 2 is 2.07 bits per heavy atom. The van der Waals surface area contributed by atoms with Crippen molar-refractivity contribution in [3.63, 3.8) is 0 Å². The molecule has 9 heteroatoms. The highest BCUT2D eigenvalue weighted by Gasteiger charge is 2.29. The quantitative estimate of drug-likeness (QED) is 0.274. The second-order valence-electron chi connectivity index (χ2n) is 6.27. The van der Waals surface area contributed by atoms with Crippen LogP contribution < -0.4 is 15.9 Å². The number of rotatable bonds is 9. The van der Waals surface area contributed by atoms with E-state index in [1.807, 2.05) is 6.92 Å². The topological polar surface area (TPSA) is 80.2 Å². The summed E-state index contributed by atoms with van der Waals surface area (Å²) >= 11 is 5.74. The molecule has 1 atom stereocenters. The van der Waals surface area contributed by atoms with Gasteiger partial charge in [0.05, 0.1) is 17.2 Å². The lowest BCUT2D eigenvalue weighted by molar-refractivity contribution is -0.475. The van der Waals surface area contributed by atoms with Crippen LogP contribution in [0.1, 0.15) is 38.3 Å². The zero-order chi connectivity index (χ0) is 20.8. The van der Waals surface area contributed by atoms with Gasteiger partial charge >= 0.3 is 5.69 Å². The monoisotopic (exact) mass is 413 g/mol. The van der Waals surface area contributed by atoms with E-state index in [0.717, 1.165) is 18.9 Å². The van der Waals surface area contributed by atoms with E-state index in [9.17, 15) is 13.7 Å². The Morgan fingerprint density at radius 1 is 1.36 bits per heavy atom. The number of nitrogens with zero attached hydrogens (tertiary/aromatic N) is 2. The van der Waals surface area contributed by atoms with Crippen LogP contribution in [-0.2, 0) is 0 Å². The SMILES string of the molecule is CCCC(CNC)c1cc([N+](N)=O)c(OCC)c(-c2ccc(F)c(Cl)c2F)n1. The number of ether oxygens (including phenoxy) is 1. The zero-order valence-electron chi connectivity index (χ0n) is 16.1. The molecule has 0 saturated carbocycles. The van der Waals surface area contributed by atoms with Crippen molar-refractivity contribution in [3.05, 3.63) is 45.5 Å². The van der Waals surface area contributed by atoms with Crippen LogP contribution in [0.25, 0.3) is 11.3 Å². The van der Waals surface area contributed by atoms with Gasteiger partial charge in [-0.25, -0.2) is 13.8 Å². The molecule has 3 N–H and O–H groups in total. The summed E-state index contributed by atoms with van der Waals surface area (Å²) in [5.41, 5.74) is 0.548. The smallest absolute Gasteiger partial charge is 0.337 e. The van der Waals surface area contributed by atoms with Gasteiger partial charge in [-0.15, -0.1) is 0 Å². The van der Waals surface area contributed by atoms with Crippen molar-refractivity contribution >= 4 is 17.3 Å². The second kappa shape index (κ2) is 9.75. The summed E-state index contributed by atoms with van der Waals surface area (Å²) in [7, 11) is 1.81. The minimum absolute atomic E-state index is 0.0129. The van der Waals surface area contributed by atoms with E-state index in [1.165, 1.54) is 6.07 Å². The van der Waals surface area contributed by atoms with E-state index in [4.69, 9.17) is 22.2 Å². The molecule has 28 heavy (non-hydrogen) atoms. The lowest BCUT2D eigenvalue weighted by atomic mass is 9.97. The highest BCUT2D eigenvalue weighted by Crippen LogP contribution is 2.41. The summed E-state index contributed by atoms with van der Waals surface area (Å²) in [4.78, 5) is 16.7. The Morgan fingerprint density at radius 3 is 2.64 bits per heavy atom. The fourth-order valence-corrected chi connectivity index (χ4v) is 3.20. The van der Waals surface area contributed by atoms with Crippen molar-refractivity contribution < 1.29 is 18.4 Å². The molecule has 2 aromatic rings. The van der Waals surface area contributed by atoms with E-state index in [-0.39, 0.29) is 40.1 Å². The maximum Gasteiger partial charge on any atom is 0.337 e. The van der Waals surface area contributed by atoms with Crippen LogP contribution in [0.3, 0.4) is 0 Å². The maximum atomic E-state index is 14.7. The van der Waals surface area contributed by atoms with Gasteiger partial charge in [0.25, 0.3) is 0 Å². The van der Waals surface area contributed by atoms with Gasteiger partial charge in [-0.3, -0.25) is 0 Å². The van der Waals surface area contributed by atoms with Crippen LogP contribution >= 0.6 is 11.6 Å². The van der Waals surface area contributed by atoms with Gasteiger partial charge in [0.1, 0.15) is 16.5 Å². The number of hydrogen-bond acceptors (Lipinski definition) is 4. The summed E-state index contributed by atoms with van der Waals surface area (Å²) in [6.45, 7) is 4.54. The summed E-state index contributed by atoms with van der Waals surface area (Å²) in [6.07, 6.45) is 1.67. The summed E-state index contributed by atoms with van der Waals surface area (Å²) in [6, 6.07) is 3.80. The Balaban J connectivity index is 2.80. The van der Waals surface area contributed by atoms with Crippen LogP contribution in [-0.4, -0.2) is 30.1 Å². The Hall–Kier alpha value is -2.32. The van der Waals surface area contributed by atoms with Gasteiger partial charge in [0.2, 0.25) is 5.75 Å². The van der Waals surface area contributed by atoms with Crippen LogP contribution in [0.15, 0.2) is 18.2 Å². The Labute approximate surface area is 167 Å². The number of halogens is 3. The third-order valence-corrected chi connectivity index (χ3v) is 4.64. The number of nitroso groups, excluding NO2 is 1. The molecular weight excluding hydrogens is 390 g/mol. The van der Waals surface area contributed by atoms with Gasteiger partial charge in [0, 0.05) is 24.1 Å². The molecule has 2 rings (SSSR count). The zero-order valence-corrected chi connectivity index (χ0v) is 16.8. The number of hydrazine groups is 1. The minimum atomic E-state index is -0.978. The van der Waals surface area contributed by atoms with Crippen molar-refractivity contribution in [1.82, 2.24) is 10.3 Å². The third kappa shape index (κ3) is 4.56. The number of aromatic nitrogens is 1. The van der Waals surface area contributed by atoms with Crippen molar-refractivity contribution in [3.8, 4) is 17.0 Å². The molecule has 152 valence electrons. The molecule has 1 aromatic carbocycles. The molecule has 0 aliphatic heterocycles. The molecule has 0 aliphatic rings. The minimum Gasteiger partial charge on any atom is -0.486 e. The van der Waals surface area contributed by atoms with E-state index in [0.29, 0.717) is 12.2 Å². The highest BCUT2D eigenvalue weighted by atomic mass is 35.5. The highest BCUT2D eigenvalue weighted by molar-refractivity contribution is 6.31. The van der Waals surface area contributed by atoms with Crippen LogP contribution in [0, 0.1) is 16.5 Å². The largest absolute Gasteiger partial charge is 0.486 e. The molecule has 0 aliphatic carbocycles. The first-order valence-electron chi connectivity index (χ1n) is 9.03. The number of nitrogens with one attached hydrogen (secondary N) is 1. The first-order chi connectivity index (χ1) is 13.3. The predicted molar refractivity (Wildman–Crippen MR) is 105 cm³/mol. The van der Waals surface area contributed by atoms with E-state index < -0.39 is 16.7 Å². The van der Waals surface area contributed by atoms with Gasteiger partial charge in [-0.1, -0.05) is 24.9 Å². The molecule has 0 fully saturated rings. The first kappa shape index (κ1) is 22.0.